The Balaban J connectivity index is 3.14. The van der Waals surface area contributed by atoms with Gasteiger partial charge in [-0.15, -0.1) is 6.58 Å². The Labute approximate surface area is 113 Å². The molecule has 0 spiro atoms. The molecule has 5 nitrogen and oxygen atoms in total. The fourth-order valence-electron chi connectivity index (χ4n) is 1.51. The van der Waals surface area contributed by atoms with Crippen molar-refractivity contribution in [2.24, 2.45) is 0 Å². The number of nitrogens with one attached hydrogen (secondary N) is 1. The Morgan fingerprint density at radius 1 is 1.47 bits per heavy atom. The highest BCUT2D eigenvalue weighted by Crippen LogP contribution is 2.24. The van der Waals surface area contributed by atoms with E-state index in [9.17, 15) is 13.2 Å². The van der Waals surface area contributed by atoms with Crippen molar-refractivity contribution in [2.45, 2.75) is 13.3 Å². The van der Waals surface area contributed by atoms with Crippen molar-refractivity contribution in [1.29, 1.82) is 0 Å². The van der Waals surface area contributed by atoms with E-state index >= 15 is 0 Å². The molecule has 0 heterocycles. The first kappa shape index (κ1) is 15.2. The molecule has 19 heavy (non-hydrogen) atoms. The molecular formula is C13H17NO4S. The summed E-state index contributed by atoms with van der Waals surface area (Å²) in [6, 6.07) is 4.51. The fourth-order valence-corrected chi connectivity index (χ4v) is 1.97. The van der Waals surface area contributed by atoms with E-state index in [4.69, 9.17) is 4.18 Å². The molecule has 0 aromatic heterocycles. The maximum atomic E-state index is 11.8. The molecule has 0 saturated carbocycles. The standard InChI is InChI=1S/C13H17NO4S/c1-4-8-14-12-9-10(18-19(3,16)17)6-7-11(12)13(15)5-2/h4,6-7,9,14H,1,5,8H2,2-3H3. The van der Waals surface area contributed by atoms with Crippen molar-refractivity contribution in [1.82, 2.24) is 0 Å². The first-order chi connectivity index (χ1) is 8.87. The fraction of sp³-hybridized carbons (Fsp3) is 0.308. The van der Waals surface area contributed by atoms with Crippen molar-refractivity contribution in [3.8, 4) is 5.75 Å². The van der Waals surface area contributed by atoms with Crippen LogP contribution in [0.1, 0.15) is 23.7 Å². The van der Waals surface area contributed by atoms with Gasteiger partial charge in [0.2, 0.25) is 0 Å². The van der Waals surface area contributed by atoms with Gasteiger partial charge in [0, 0.05) is 30.3 Å². The van der Waals surface area contributed by atoms with Gasteiger partial charge in [-0.2, -0.15) is 8.42 Å². The molecule has 0 aliphatic heterocycles. The second kappa shape index (κ2) is 6.38. The normalized spacial score (nSPS) is 10.8. The maximum Gasteiger partial charge on any atom is 0.306 e. The van der Waals surface area contributed by atoms with Gasteiger partial charge >= 0.3 is 10.1 Å². The van der Waals surface area contributed by atoms with E-state index in [1.54, 1.807) is 19.1 Å². The summed E-state index contributed by atoms with van der Waals surface area (Å²) in [6.07, 6.45) is 2.98. The van der Waals surface area contributed by atoms with Crippen LogP contribution in [0.2, 0.25) is 0 Å². The Bertz CT molecular complexity index is 578. The van der Waals surface area contributed by atoms with Crippen LogP contribution in [0, 0.1) is 0 Å². The molecule has 0 amide bonds. The third-order valence-electron chi connectivity index (χ3n) is 2.30. The lowest BCUT2D eigenvalue weighted by molar-refractivity contribution is 0.0989. The minimum Gasteiger partial charge on any atom is -0.383 e. The highest BCUT2D eigenvalue weighted by Gasteiger charge is 2.12. The van der Waals surface area contributed by atoms with Gasteiger partial charge in [0.25, 0.3) is 0 Å². The molecule has 1 N–H and O–H groups in total. The number of carbonyl (C=O) groups is 1. The van der Waals surface area contributed by atoms with Gasteiger partial charge in [-0.25, -0.2) is 0 Å². The second-order valence-corrected chi connectivity index (χ2v) is 5.52. The maximum absolute atomic E-state index is 11.8. The quantitative estimate of drug-likeness (QED) is 0.472. The largest absolute Gasteiger partial charge is 0.383 e. The molecule has 0 aliphatic rings. The van der Waals surface area contributed by atoms with Crippen molar-refractivity contribution in [3.63, 3.8) is 0 Å². The first-order valence-corrected chi connectivity index (χ1v) is 7.60. The number of hydrogen-bond donors (Lipinski definition) is 1. The molecule has 0 atom stereocenters. The Hall–Kier alpha value is -1.82. The van der Waals surface area contributed by atoms with Crippen LogP contribution in [0.15, 0.2) is 30.9 Å². The summed E-state index contributed by atoms with van der Waals surface area (Å²) in [5.41, 5.74) is 1.04. The average molecular weight is 283 g/mol. The highest BCUT2D eigenvalue weighted by molar-refractivity contribution is 7.86. The van der Waals surface area contributed by atoms with Gasteiger partial charge in [0.1, 0.15) is 5.75 Å². The Morgan fingerprint density at radius 3 is 2.68 bits per heavy atom. The van der Waals surface area contributed by atoms with Crippen LogP contribution >= 0.6 is 0 Å². The molecule has 0 saturated heterocycles. The molecular weight excluding hydrogens is 266 g/mol. The summed E-state index contributed by atoms with van der Waals surface area (Å²) in [6.45, 7) is 5.81. The van der Waals surface area contributed by atoms with E-state index in [-0.39, 0.29) is 11.5 Å². The second-order valence-electron chi connectivity index (χ2n) is 3.94. The van der Waals surface area contributed by atoms with Gasteiger partial charge in [-0.1, -0.05) is 13.0 Å². The van der Waals surface area contributed by atoms with E-state index in [0.29, 0.717) is 24.2 Å². The molecule has 1 rings (SSSR count). The van der Waals surface area contributed by atoms with Crippen molar-refractivity contribution in [3.05, 3.63) is 36.4 Å². The molecule has 104 valence electrons. The summed E-state index contributed by atoms with van der Waals surface area (Å²) >= 11 is 0. The molecule has 0 radical (unpaired) electrons. The summed E-state index contributed by atoms with van der Waals surface area (Å²) in [5, 5.41) is 2.99. The number of hydrogen-bond acceptors (Lipinski definition) is 5. The smallest absolute Gasteiger partial charge is 0.306 e. The molecule has 0 aliphatic carbocycles. The van der Waals surface area contributed by atoms with Crippen LogP contribution in [0.25, 0.3) is 0 Å². The summed E-state index contributed by atoms with van der Waals surface area (Å²) < 4.78 is 26.9. The third kappa shape index (κ3) is 4.75. The lowest BCUT2D eigenvalue weighted by Crippen LogP contribution is -2.09. The minimum absolute atomic E-state index is 0.0301. The van der Waals surface area contributed by atoms with Crippen LogP contribution in [0.3, 0.4) is 0 Å². The highest BCUT2D eigenvalue weighted by atomic mass is 32.2. The zero-order valence-electron chi connectivity index (χ0n) is 11.0. The topological polar surface area (TPSA) is 72.5 Å². The Kier molecular flexibility index (Phi) is 5.11. The minimum atomic E-state index is -3.59. The van der Waals surface area contributed by atoms with Gasteiger partial charge in [0.05, 0.1) is 6.26 Å². The number of benzene rings is 1. The summed E-state index contributed by atoms with van der Waals surface area (Å²) in [4.78, 5) is 11.8. The lowest BCUT2D eigenvalue weighted by Gasteiger charge is -2.11. The average Bonchev–Trinajstić information content (AvgIpc) is 2.33. The molecule has 0 unspecified atom stereocenters. The number of anilines is 1. The zero-order valence-corrected chi connectivity index (χ0v) is 11.8. The van der Waals surface area contributed by atoms with E-state index in [1.807, 2.05) is 0 Å². The van der Waals surface area contributed by atoms with Crippen molar-refractivity contribution < 1.29 is 17.4 Å². The first-order valence-electron chi connectivity index (χ1n) is 5.79. The van der Waals surface area contributed by atoms with Crippen LogP contribution in [-0.2, 0) is 10.1 Å². The predicted molar refractivity (Wildman–Crippen MR) is 75.2 cm³/mol. The number of carbonyl (C=O) groups excluding carboxylic acids is 1. The van der Waals surface area contributed by atoms with E-state index in [1.165, 1.54) is 12.1 Å². The number of ketones is 1. The number of Topliss-reactive ketones (excluding diaryl/α,β-unsaturated/α-hetero) is 1. The third-order valence-corrected chi connectivity index (χ3v) is 2.79. The van der Waals surface area contributed by atoms with E-state index in [0.717, 1.165) is 6.26 Å². The summed E-state index contributed by atoms with van der Waals surface area (Å²) in [7, 11) is -3.59. The van der Waals surface area contributed by atoms with Gasteiger partial charge < -0.3 is 9.50 Å². The van der Waals surface area contributed by atoms with Crippen LogP contribution in [-0.4, -0.2) is 27.0 Å². The van der Waals surface area contributed by atoms with E-state index in [2.05, 4.69) is 11.9 Å². The molecule has 0 bridgehead atoms. The molecule has 0 fully saturated rings. The van der Waals surface area contributed by atoms with Crippen LogP contribution < -0.4 is 9.50 Å². The van der Waals surface area contributed by atoms with Crippen LogP contribution in [0.5, 0.6) is 5.75 Å². The SMILES string of the molecule is C=CCNc1cc(OS(C)(=O)=O)ccc1C(=O)CC. The Morgan fingerprint density at radius 2 is 2.16 bits per heavy atom. The molecule has 1 aromatic carbocycles. The molecule has 1 aromatic rings. The zero-order chi connectivity index (χ0) is 14.5. The van der Waals surface area contributed by atoms with Gasteiger partial charge in [-0.3, -0.25) is 4.79 Å². The lowest BCUT2D eigenvalue weighted by atomic mass is 10.1. The van der Waals surface area contributed by atoms with Gasteiger partial charge in [0.15, 0.2) is 5.78 Å². The van der Waals surface area contributed by atoms with Crippen LogP contribution in [0.4, 0.5) is 5.69 Å². The van der Waals surface area contributed by atoms with Crippen molar-refractivity contribution >= 4 is 21.6 Å². The van der Waals surface area contributed by atoms with Gasteiger partial charge in [-0.05, 0) is 12.1 Å². The number of rotatable bonds is 7. The molecule has 6 heteroatoms. The van der Waals surface area contributed by atoms with Crippen molar-refractivity contribution in [2.75, 3.05) is 18.1 Å². The van der Waals surface area contributed by atoms with E-state index < -0.39 is 10.1 Å². The summed E-state index contributed by atoms with van der Waals surface area (Å²) in [5.74, 6) is 0.138. The monoisotopic (exact) mass is 283 g/mol. The predicted octanol–water partition coefficient (Wildman–Crippen LogP) is 2.22.